The maximum atomic E-state index is 12.9. The standard InChI is InChI=1S/C33H32N8O4/c42-20-26(21-5-2-1-3-6-21)36-25-18-28(35-22-8-9-23-27(17-22)41-29(43)7-4-13-40(41)31(23)44)34-19-24(25)30-37-32(38-45-30)33-10-14-39(15-11-33)16-12-33/h1-9,17-19,26,42H,10-16,20H2,(H2,34,35,36)/t26-/m1/s1. The lowest BCUT2D eigenvalue weighted by Crippen LogP contribution is -2.51. The minimum Gasteiger partial charge on any atom is -0.394 e. The predicted molar refractivity (Wildman–Crippen MR) is 169 cm³/mol. The van der Waals surface area contributed by atoms with Crippen LogP contribution in [-0.4, -0.2) is 66.6 Å². The van der Waals surface area contributed by atoms with E-state index in [1.807, 2.05) is 36.4 Å². The van der Waals surface area contributed by atoms with E-state index < -0.39 is 6.04 Å². The first-order valence-electron chi connectivity index (χ1n) is 15.2. The SMILES string of the molecule is O=C1C=CCn2c(=O)c3ccc(Nc4cc(N[C@H](CO)c5ccccc5)c(-c5nc(C67CCN(CC6)CC7)no5)cn4)cc3n21. The maximum absolute atomic E-state index is 12.9. The summed E-state index contributed by atoms with van der Waals surface area (Å²) in [5.74, 6) is 1.35. The highest BCUT2D eigenvalue weighted by Gasteiger charge is 2.44. The zero-order valence-electron chi connectivity index (χ0n) is 24.5. The number of piperidine rings is 3. The number of fused-ring (bicyclic) bond motifs is 6. The van der Waals surface area contributed by atoms with E-state index in [2.05, 4.69) is 25.7 Å². The molecule has 7 heterocycles. The summed E-state index contributed by atoms with van der Waals surface area (Å²) in [6.45, 7) is 3.34. The van der Waals surface area contributed by atoms with Crippen LogP contribution >= 0.6 is 0 Å². The van der Waals surface area contributed by atoms with Crippen molar-refractivity contribution in [3.63, 3.8) is 0 Å². The first kappa shape index (κ1) is 27.5. The molecular formula is C33H32N8O4. The van der Waals surface area contributed by atoms with Crippen molar-refractivity contribution in [3.8, 4) is 11.5 Å². The lowest BCUT2D eigenvalue weighted by Gasteiger charge is -2.46. The first-order chi connectivity index (χ1) is 22.0. The number of rotatable bonds is 8. The smallest absolute Gasteiger partial charge is 0.275 e. The van der Waals surface area contributed by atoms with Crippen molar-refractivity contribution in [2.24, 2.45) is 0 Å². The van der Waals surface area contributed by atoms with Crippen molar-refractivity contribution in [1.82, 2.24) is 29.4 Å². The van der Waals surface area contributed by atoms with Gasteiger partial charge < -0.3 is 25.2 Å². The summed E-state index contributed by atoms with van der Waals surface area (Å²) < 4.78 is 8.71. The molecule has 0 spiro atoms. The van der Waals surface area contributed by atoms with Gasteiger partial charge in [0.05, 0.1) is 41.3 Å². The lowest BCUT2D eigenvalue weighted by molar-refractivity contribution is 0.0747. The maximum Gasteiger partial charge on any atom is 0.275 e. The summed E-state index contributed by atoms with van der Waals surface area (Å²) in [5.41, 5.74) is 3.10. The third-order valence-corrected chi connectivity index (χ3v) is 9.42. The summed E-state index contributed by atoms with van der Waals surface area (Å²) in [7, 11) is 0. The molecule has 2 aromatic carbocycles. The van der Waals surface area contributed by atoms with Gasteiger partial charge in [-0.1, -0.05) is 41.6 Å². The number of hydrogen-bond donors (Lipinski definition) is 3. The minimum atomic E-state index is -0.404. The van der Waals surface area contributed by atoms with Gasteiger partial charge in [-0.05, 0) is 62.7 Å². The van der Waals surface area contributed by atoms with E-state index in [1.54, 1.807) is 30.5 Å². The molecule has 12 heteroatoms. The van der Waals surface area contributed by atoms with Gasteiger partial charge in [0.15, 0.2) is 5.82 Å². The Morgan fingerprint density at radius 1 is 1.02 bits per heavy atom. The van der Waals surface area contributed by atoms with E-state index in [-0.39, 0.29) is 23.5 Å². The van der Waals surface area contributed by atoms with Crippen molar-refractivity contribution < 1.29 is 14.4 Å². The van der Waals surface area contributed by atoms with Gasteiger partial charge in [-0.15, -0.1) is 0 Å². The summed E-state index contributed by atoms with van der Waals surface area (Å²) in [5, 5.41) is 22.1. The van der Waals surface area contributed by atoms with Crippen molar-refractivity contribution in [2.75, 3.05) is 36.9 Å². The third kappa shape index (κ3) is 4.73. The summed E-state index contributed by atoms with van der Waals surface area (Å²) in [6.07, 6.45) is 7.88. The van der Waals surface area contributed by atoms with Gasteiger partial charge in [-0.2, -0.15) is 4.98 Å². The van der Waals surface area contributed by atoms with Crippen LogP contribution in [0.25, 0.3) is 22.4 Å². The number of carbonyl (C=O) groups is 1. The number of hydrogen-bond acceptors (Lipinski definition) is 10. The molecule has 0 radical (unpaired) electrons. The molecule has 3 saturated heterocycles. The molecule has 2 bridgehead atoms. The Bertz CT molecular complexity index is 1990. The lowest BCUT2D eigenvalue weighted by atomic mass is 9.71. The number of benzene rings is 2. The van der Waals surface area contributed by atoms with Crippen LogP contribution in [0.15, 0.2) is 82.3 Å². The molecule has 228 valence electrons. The number of nitrogens with zero attached hydrogens (tertiary/aromatic N) is 6. The fourth-order valence-corrected chi connectivity index (χ4v) is 6.83. The average molecular weight is 605 g/mol. The van der Waals surface area contributed by atoms with E-state index in [1.165, 1.54) is 15.4 Å². The van der Waals surface area contributed by atoms with Crippen molar-refractivity contribution in [1.29, 1.82) is 0 Å². The highest BCUT2D eigenvalue weighted by molar-refractivity contribution is 5.98. The second-order valence-electron chi connectivity index (χ2n) is 12.0. The topological polar surface area (TPSA) is 143 Å². The summed E-state index contributed by atoms with van der Waals surface area (Å²) in [4.78, 5) is 37.6. The Morgan fingerprint density at radius 3 is 2.60 bits per heavy atom. The molecule has 1 atom stereocenters. The summed E-state index contributed by atoms with van der Waals surface area (Å²) in [6, 6.07) is 16.4. The molecule has 9 rings (SSSR count). The van der Waals surface area contributed by atoms with Crippen LogP contribution in [0.3, 0.4) is 0 Å². The molecule has 5 aromatic rings. The highest BCUT2D eigenvalue weighted by Crippen LogP contribution is 2.42. The molecular weight excluding hydrogens is 572 g/mol. The molecule has 0 aliphatic carbocycles. The second-order valence-corrected chi connectivity index (χ2v) is 12.0. The molecule has 12 nitrogen and oxygen atoms in total. The largest absolute Gasteiger partial charge is 0.394 e. The molecule has 4 aliphatic heterocycles. The van der Waals surface area contributed by atoms with E-state index in [4.69, 9.17) is 9.51 Å². The molecule has 3 aromatic heterocycles. The molecule has 45 heavy (non-hydrogen) atoms. The Balaban J connectivity index is 1.16. The molecule has 0 unspecified atom stereocenters. The number of nitrogens with one attached hydrogen (secondary N) is 2. The van der Waals surface area contributed by atoms with Gasteiger partial charge in [-0.25, -0.2) is 14.3 Å². The molecule has 4 aliphatic rings. The van der Waals surface area contributed by atoms with Gasteiger partial charge in [0, 0.05) is 29.4 Å². The van der Waals surface area contributed by atoms with Gasteiger partial charge in [0.2, 0.25) is 0 Å². The fourth-order valence-electron chi connectivity index (χ4n) is 6.83. The predicted octanol–water partition coefficient (Wildman–Crippen LogP) is 4.08. The monoisotopic (exact) mass is 604 g/mol. The van der Waals surface area contributed by atoms with Gasteiger partial charge in [0.1, 0.15) is 5.82 Å². The number of aromatic nitrogens is 5. The molecule has 0 amide bonds. The van der Waals surface area contributed by atoms with Crippen LogP contribution in [0.1, 0.15) is 41.5 Å². The second kappa shape index (κ2) is 10.8. The number of carbonyl (C=O) groups excluding carboxylic acids is 1. The van der Waals surface area contributed by atoms with Crippen molar-refractivity contribution >= 4 is 34.0 Å². The van der Waals surface area contributed by atoms with Gasteiger partial charge >= 0.3 is 0 Å². The van der Waals surface area contributed by atoms with Gasteiger partial charge in [0.25, 0.3) is 17.4 Å². The number of anilines is 3. The Kier molecular flexibility index (Phi) is 6.61. The van der Waals surface area contributed by atoms with Crippen LogP contribution < -0.4 is 16.2 Å². The zero-order chi connectivity index (χ0) is 30.5. The van der Waals surface area contributed by atoms with Gasteiger partial charge in [-0.3, -0.25) is 9.59 Å². The Labute approximate surface area is 258 Å². The summed E-state index contributed by atoms with van der Waals surface area (Å²) >= 11 is 0. The Morgan fingerprint density at radius 2 is 1.82 bits per heavy atom. The average Bonchev–Trinajstić information content (AvgIpc) is 3.69. The van der Waals surface area contributed by atoms with Crippen LogP contribution in [0, 0.1) is 0 Å². The van der Waals surface area contributed by atoms with E-state index in [9.17, 15) is 14.7 Å². The van der Waals surface area contributed by atoms with Crippen molar-refractivity contribution in [3.05, 3.63) is 94.7 Å². The quantitative estimate of drug-likeness (QED) is 0.237. The van der Waals surface area contributed by atoms with Crippen LogP contribution in [0.4, 0.5) is 17.2 Å². The first-order valence-corrected chi connectivity index (χ1v) is 15.2. The van der Waals surface area contributed by atoms with E-state index in [0.29, 0.717) is 46.1 Å². The molecule has 0 saturated carbocycles. The third-order valence-electron chi connectivity index (χ3n) is 9.42. The highest BCUT2D eigenvalue weighted by atomic mass is 16.5. The molecule has 3 N–H and O–H groups in total. The number of pyridine rings is 1. The molecule has 3 fully saturated rings. The van der Waals surface area contributed by atoms with Crippen molar-refractivity contribution in [2.45, 2.75) is 37.3 Å². The number of aliphatic hydroxyl groups excluding tert-OH is 1. The normalized spacial score (nSPS) is 21.2. The van der Waals surface area contributed by atoms with E-state index in [0.717, 1.165) is 50.3 Å². The van der Waals surface area contributed by atoms with Crippen LogP contribution in [0.5, 0.6) is 0 Å². The number of aliphatic hydroxyl groups is 1. The number of allylic oxidation sites excluding steroid dienone is 2. The zero-order valence-corrected chi connectivity index (χ0v) is 24.5. The Hall–Kier alpha value is -5.07. The van der Waals surface area contributed by atoms with Crippen LogP contribution in [0.2, 0.25) is 0 Å². The minimum absolute atomic E-state index is 0.0627. The van der Waals surface area contributed by atoms with E-state index >= 15 is 0 Å². The van der Waals surface area contributed by atoms with Crippen LogP contribution in [-0.2, 0) is 12.0 Å². The fraction of sp³-hybridized carbons (Fsp3) is 0.303.